The van der Waals surface area contributed by atoms with Gasteiger partial charge in [0.1, 0.15) is 12.6 Å². The number of carbonyl (C=O) groups excluding carboxylic acids is 2. The van der Waals surface area contributed by atoms with Crippen LogP contribution in [0.2, 0.25) is 0 Å². The summed E-state index contributed by atoms with van der Waals surface area (Å²) in [6.07, 6.45) is 54.1. The Kier molecular flexibility index (Phi) is 41.5. The molecule has 0 saturated carbocycles. The molecule has 1 unspecified atom stereocenters. The number of ether oxygens (including phenoxy) is 1. The SMILES string of the molecule is CCCCC/C=C\C/C=C\C/C=C\CCCCCCCCC(=O)OC(CCCCCCCCCCCCCCC)CCCCCCCC(=O)NCC(=O)O. The molecule has 0 aromatic carbocycles. The Morgan fingerprint density at radius 3 is 1.33 bits per heavy atom. The number of allylic oxidation sites excluding steroid dienone is 6. The first-order valence-electron chi connectivity index (χ1n) is 23.1. The van der Waals surface area contributed by atoms with Crippen LogP contribution in [0.15, 0.2) is 36.5 Å². The Labute approximate surface area is 334 Å². The summed E-state index contributed by atoms with van der Waals surface area (Å²) in [4.78, 5) is 35.1. The van der Waals surface area contributed by atoms with E-state index in [2.05, 4.69) is 55.6 Å². The van der Waals surface area contributed by atoms with Gasteiger partial charge in [0.05, 0.1) is 0 Å². The van der Waals surface area contributed by atoms with Gasteiger partial charge in [-0.2, -0.15) is 0 Å². The van der Waals surface area contributed by atoms with Crippen molar-refractivity contribution in [1.29, 1.82) is 0 Å². The predicted molar refractivity (Wildman–Crippen MR) is 231 cm³/mol. The molecule has 1 atom stereocenters. The molecule has 0 aliphatic rings. The third-order valence-electron chi connectivity index (χ3n) is 10.3. The molecule has 0 aromatic heterocycles. The van der Waals surface area contributed by atoms with E-state index in [-0.39, 0.29) is 24.5 Å². The van der Waals surface area contributed by atoms with Crippen LogP contribution in [0.3, 0.4) is 0 Å². The van der Waals surface area contributed by atoms with Crippen LogP contribution in [0.25, 0.3) is 0 Å². The van der Waals surface area contributed by atoms with E-state index in [1.54, 1.807) is 0 Å². The highest BCUT2D eigenvalue weighted by atomic mass is 16.5. The smallest absolute Gasteiger partial charge is 0.322 e. The van der Waals surface area contributed by atoms with Crippen LogP contribution in [0.4, 0.5) is 0 Å². The molecule has 0 radical (unpaired) electrons. The van der Waals surface area contributed by atoms with E-state index in [0.717, 1.165) is 83.5 Å². The minimum atomic E-state index is -1.02. The first-order valence-corrected chi connectivity index (χ1v) is 23.1. The second-order valence-corrected chi connectivity index (χ2v) is 15.7. The minimum Gasteiger partial charge on any atom is -0.480 e. The summed E-state index contributed by atoms with van der Waals surface area (Å²) in [5.74, 6) is -1.23. The standard InChI is InChI=1S/C48H87NO5/c1-3-5-7-9-11-13-15-17-18-19-20-21-22-24-26-28-30-35-39-43-48(53)54-45(41-37-33-31-34-38-42-46(50)49-44-47(51)52)40-36-32-29-27-25-23-16-14-12-10-8-6-4-2/h11,13,17-18,20-21,45H,3-10,12,14-16,19,22-44H2,1-2H3,(H,49,50)(H,51,52)/b13-11-,18-17-,21-20-. The summed E-state index contributed by atoms with van der Waals surface area (Å²) >= 11 is 0. The number of aliphatic carboxylic acids is 1. The van der Waals surface area contributed by atoms with Gasteiger partial charge in [0, 0.05) is 12.8 Å². The molecule has 314 valence electrons. The van der Waals surface area contributed by atoms with Gasteiger partial charge in [-0.3, -0.25) is 14.4 Å². The summed E-state index contributed by atoms with van der Waals surface area (Å²) in [5.41, 5.74) is 0. The molecule has 2 N–H and O–H groups in total. The molecule has 6 nitrogen and oxygen atoms in total. The fourth-order valence-electron chi connectivity index (χ4n) is 6.88. The van der Waals surface area contributed by atoms with Crippen molar-refractivity contribution in [1.82, 2.24) is 5.32 Å². The van der Waals surface area contributed by atoms with Gasteiger partial charge in [-0.15, -0.1) is 0 Å². The number of nitrogens with one attached hydrogen (secondary N) is 1. The summed E-state index contributed by atoms with van der Waals surface area (Å²) in [7, 11) is 0. The summed E-state index contributed by atoms with van der Waals surface area (Å²) in [6, 6.07) is 0. The van der Waals surface area contributed by atoms with E-state index in [1.165, 1.54) is 128 Å². The lowest BCUT2D eigenvalue weighted by Crippen LogP contribution is -2.28. The molecule has 0 heterocycles. The first-order chi connectivity index (χ1) is 26.5. The van der Waals surface area contributed by atoms with Crippen molar-refractivity contribution >= 4 is 17.8 Å². The number of carbonyl (C=O) groups is 3. The maximum absolute atomic E-state index is 12.8. The van der Waals surface area contributed by atoms with Crippen LogP contribution in [0.5, 0.6) is 0 Å². The molecule has 1 amide bonds. The van der Waals surface area contributed by atoms with E-state index in [1.807, 2.05) is 0 Å². The van der Waals surface area contributed by atoms with Crippen molar-refractivity contribution in [2.24, 2.45) is 0 Å². The Hall–Kier alpha value is -2.37. The number of hydrogen-bond acceptors (Lipinski definition) is 4. The number of esters is 1. The molecule has 54 heavy (non-hydrogen) atoms. The van der Waals surface area contributed by atoms with E-state index in [9.17, 15) is 14.4 Å². The van der Waals surface area contributed by atoms with E-state index >= 15 is 0 Å². The largest absolute Gasteiger partial charge is 0.480 e. The fourth-order valence-corrected chi connectivity index (χ4v) is 6.88. The number of rotatable bonds is 42. The van der Waals surface area contributed by atoms with Gasteiger partial charge in [-0.1, -0.05) is 185 Å². The number of carboxylic acid groups (broad SMARTS) is 1. The van der Waals surface area contributed by atoms with Gasteiger partial charge in [0.25, 0.3) is 0 Å². The van der Waals surface area contributed by atoms with Crippen LogP contribution < -0.4 is 5.32 Å². The third-order valence-corrected chi connectivity index (χ3v) is 10.3. The molecule has 0 rings (SSSR count). The number of carboxylic acids is 1. The van der Waals surface area contributed by atoms with Crippen molar-refractivity contribution in [2.75, 3.05) is 6.54 Å². The third kappa shape index (κ3) is 42.4. The summed E-state index contributed by atoms with van der Waals surface area (Å²) in [5, 5.41) is 11.1. The predicted octanol–water partition coefficient (Wildman–Crippen LogP) is 14.5. The molecule has 6 heteroatoms. The van der Waals surface area contributed by atoms with Crippen molar-refractivity contribution < 1.29 is 24.2 Å². The average Bonchev–Trinajstić information content (AvgIpc) is 3.16. The zero-order valence-electron chi connectivity index (χ0n) is 35.6. The van der Waals surface area contributed by atoms with Gasteiger partial charge in [-0.25, -0.2) is 0 Å². The highest BCUT2D eigenvalue weighted by Gasteiger charge is 2.14. The Morgan fingerprint density at radius 1 is 0.481 bits per heavy atom. The minimum absolute atomic E-state index is 0.0210. The van der Waals surface area contributed by atoms with E-state index < -0.39 is 5.97 Å². The molecular weight excluding hydrogens is 671 g/mol. The fraction of sp³-hybridized carbons (Fsp3) is 0.812. The van der Waals surface area contributed by atoms with Crippen LogP contribution >= 0.6 is 0 Å². The first kappa shape index (κ1) is 51.6. The van der Waals surface area contributed by atoms with Crippen molar-refractivity contribution in [3.8, 4) is 0 Å². The lowest BCUT2D eigenvalue weighted by atomic mass is 10.0. The average molecular weight is 758 g/mol. The Bertz CT molecular complexity index is 926. The van der Waals surface area contributed by atoms with Crippen LogP contribution in [0, 0.1) is 0 Å². The van der Waals surface area contributed by atoms with Crippen molar-refractivity contribution in [3.05, 3.63) is 36.5 Å². The van der Waals surface area contributed by atoms with Gasteiger partial charge in [0.2, 0.25) is 5.91 Å². The zero-order chi connectivity index (χ0) is 39.4. The number of hydrogen-bond donors (Lipinski definition) is 2. The lowest BCUT2D eigenvalue weighted by Gasteiger charge is -2.18. The van der Waals surface area contributed by atoms with Crippen LogP contribution in [0.1, 0.15) is 239 Å². The van der Waals surface area contributed by atoms with Crippen molar-refractivity contribution in [2.45, 2.75) is 245 Å². The van der Waals surface area contributed by atoms with Gasteiger partial charge < -0.3 is 15.2 Å². The lowest BCUT2D eigenvalue weighted by molar-refractivity contribution is -0.150. The number of amides is 1. The molecule has 0 saturated heterocycles. The highest BCUT2D eigenvalue weighted by molar-refractivity contribution is 5.80. The number of unbranched alkanes of at least 4 members (excludes halogenated alkanes) is 25. The maximum atomic E-state index is 12.8. The van der Waals surface area contributed by atoms with Gasteiger partial charge in [-0.05, 0) is 77.0 Å². The summed E-state index contributed by atoms with van der Waals surface area (Å²) in [6.45, 7) is 4.21. The quantitative estimate of drug-likeness (QED) is 0.0367. The molecule has 0 spiro atoms. The molecule has 0 aliphatic heterocycles. The highest BCUT2D eigenvalue weighted by Crippen LogP contribution is 2.19. The Balaban J connectivity index is 4.15. The monoisotopic (exact) mass is 758 g/mol. The molecule has 0 aliphatic carbocycles. The second-order valence-electron chi connectivity index (χ2n) is 15.7. The van der Waals surface area contributed by atoms with Crippen LogP contribution in [-0.2, 0) is 19.1 Å². The molecule has 0 fully saturated rings. The van der Waals surface area contributed by atoms with E-state index in [4.69, 9.17) is 9.84 Å². The topological polar surface area (TPSA) is 92.7 Å². The second kappa shape index (κ2) is 43.4. The van der Waals surface area contributed by atoms with E-state index in [0.29, 0.717) is 12.8 Å². The van der Waals surface area contributed by atoms with Gasteiger partial charge >= 0.3 is 11.9 Å². The van der Waals surface area contributed by atoms with Gasteiger partial charge in [0.15, 0.2) is 0 Å². The summed E-state index contributed by atoms with van der Waals surface area (Å²) < 4.78 is 6.04. The molecule has 0 aromatic rings. The zero-order valence-corrected chi connectivity index (χ0v) is 35.6. The molecular formula is C48H87NO5. The Morgan fingerprint density at radius 2 is 0.852 bits per heavy atom. The molecule has 0 bridgehead atoms. The normalized spacial score (nSPS) is 12.3. The van der Waals surface area contributed by atoms with Crippen molar-refractivity contribution in [3.63, 3.8) is 0 Å². The maximum Gasteiger partial charge on any atom is 0.322 e. The van der Waals surface area contributed by atoms with Crippen LogP contribution in [-0.4, -0.2) is 35.6 Å².